The van der Waals surface area contributed by atoms with E-state index in [0.29, 0.717) is 0 Å². The molecule has 1 aromatic heterocycles. The lowest BCUT2D eigenvalue weighted by atomic mass is 9.98. The maximum Gasteiger partial charge on any atom is 0.309 e. The Morgan fingerprint density at radius 1 is 1.61 bits per heavy atom. The van der Waals surface area contributed by atoms with E-state index in [9.17, 15) is 4.79 Å². The number of esters is 1. The van der Waals surface area contributed by atoms with E-state index in [-0.39, 0.29) is 11.9 Å². The van der Waals surface area contributed by atoms with E-state index in [1.54, 1.807) is 0 Å². The minimum Gasteiger partial charge on any atom is -0.469 e. The van der Waals surface area contributed by atoms with Crippen LogP contribution in [0.4, 0.5) is 0 Å². The van der Waals surface area contributed by atoms with Gasteiger partial charge in [-0.25, -0.2) is 4.98 Å². The standard InChI is InChI=1S/C13H21N3O2/c1-15-9-6-14-12(15)5-8-16-7-3-4-11(10-16)13(17)18-2/h6,9,11H,3-5,7-8,10H2,1-2H3. The normalized spacial score (nSPS) is 20.9. The van der Waals surface area contributed by atoms with E-state index in [1.807, 2.05) is 24.0 Å². The highest BCUT2D eigenvalue weighted by Crippen LogP contribution is 2.17. The monoisotopic (exact) mass is 251 g/mol. The molecule has 18 heavy (non-hydrogen) atoms. The van der Waals surface area contributed by atoms with Gasteiger partial charge in [-0.05, 0) is 19.4 Å². The molecule has 0 aromatic carbocycles. The highest BCUT2D eigenvalue weighted by atomic mass is 16.5. The highest BCUT2D eigenvalue weighted by Gasteiger charge is 2.26. The van der Waals surface area contributed by atoms with Crippen molar-refractivity contribution < 1.29 is 9.53 Å². The van der Waals surface area contributed by atoms with Gasteiger partial charge in [-0.1, -0.05) is 0 Å². The lowest BCUT2D eigenvalue weighted by Crippen LogP contribution is -2.40. The highest BCUT2D eigenvalue weighted by molar-refractivity contribution is 5.72. The van der Waals surface area contributed by atoms with Crippen molar-refractivity contribution in [3.8, 4) is 0 Å². The molecule has 1 aromatic rings. The quantitative estimate of drug-likeness (QED) is 0.744. The Morgan fingerprint density at radius 2 is 2.44 bits per heavy atom. The number of nitrogens with zero attached hydrogens (tertiary/aromatic N) is 3. The van der Waals surface area contributed by atoms with Crippen LogP contribution < -0.4 is 0 Å². The van der Waals surface area contributed by atoms with Crippen LogP contribution in [0.1, 0.15) is 18.7 Å². The third-order valence-electron chi connectivity index (χ3n) is 3.61. The largest absolute Gasteiger partial charge is 0.469 e. The first-order valence-corrected chi connectivity index (χ1v) is 6.47. The van der Waals surface area contributed by atoms with Gasteiger partial charge in [0, 0.05) is 39.0 Å². The molecule has 1 atom stereocenters. The summed E-state index contributed by atoms with van der Waals surface area (Å²) in [7, 11) is 3.48. The van der Waals surface area contributed by atoms with Gasteiger partial charge in [0.25, 0.3) is 0 Å². The van der Waals surface area contributed by atoms with Gasteiger partial charge < -0.3 is 14.2 Å². The van der Waals surface area contributed by atoms with Crippen LogP contribution in [-0.4, -0.2) is 47.2 Å². The number of piperidine rings is 1. The molecule has 0 N–H and O–H groups in total. The molecule has 100 valence electrons. The van der Waals surface area contributed by atoms with E-state index in [2.05, 4.69) is 9.88 Å². The Morgan fingerprint density at radius 3 is 3.11 bits per heavy atom. The molecule has 5 nitrogen and oxygen atoms in total. The number of carbonyl (C=O) groups is 1. The maximum absolute atomic E-state index is 11.5. The van der Waals surface area contributed by atoms with Crippen LogP contribution in [0.25, 0.3) is 0 Å². The molecule has 1 aliphatic heterocycles. The first-order chi connectivity index (χ1) is 8.70. The summed E-state index contributed by atoms with van der Waals surface area (Å²) < 4.78 is 6.87. The number of hydrogen-bond acceptors (Lipinski definition) is 4. The van der Waals surface area contributed by atoms with Crippen LogP contribution in [0, 0.1) is 5.92 Å². The van der Waals surface area contributed by atoms with Crippen LogP contribution in [0.3, 0.4) is 0 Å². The summed E-state index contributed by atoms with van der Waals surface area (Å²) in [5, 5.41) is 0. The van der Waals surface area contributed by atoms with E-state index in [1.165, 1.54) is 7.11 Å². The Balaban J connectivity index is 1.83. The predicted octanol–water partition coefficient (Wildman–Crippen LogP) is 0.848. The first-order valence-electron chi connectivity index (χ1n) is 6.47. The van der Waals surface area contributed by atoms with Gasteiger partial charge in [-0.3, -0.25) is 4.79 Å². The topological polar surface area (TPSA) is 47.4 Å². The number of methoxy groups -OCH3 is 1. The summed E-state index contributed by atoms with van der Waals surface area (Å²) in [5.41, 5.74) is 0. The zero-order chi connectivity index (χ0) is 13.0. The first kappa shape index (κ1) is 13.1. The average Bonchev–Trinajstić information content (AvgIpc) is 2.81. The summed E-state index contributed by atoms with van der Waals surface area (Å²) in [4.78, 5) is 18.2. The fraction of sp³-hybridized carbons (Fsp3) is 0.692. The lowest BCUT2D eigenvalue weighted by molar-refractivity contribution is -0.147. The fourth-order valence-corrected chi connectivity index (χ4v) is 2.51. The molecular formula is C13H21N3O2. The molecule has 0 aliphatic carbocycles. The summed E-state index contributed by atoms with van der Waals surface area (Å²) in [5.74, 6) is 1.07. The lowest BCUT2D eigenvalue weighted by Gasteiger charge is -2.31. The second-order valence-corrected chi connectivity index (χ2v) is 4.87. The zero-order valence-corrected chi connectivity index (χ0v) is 11.1. The van der Waals surface area contributed by atoms with E-state index < -0.39 is 0 Å². The number of rotatable bonds is 4. The molecule has 0 spiro atoms. The van der Waals surface area contributed by atoms with E-state index in [0.717, 1.165) is 44.7 Å². The number of likely N-dealkylation sites (tertiary alicyclic amines) is 1. The number of aryl methyl sites for hydroxylation is 1. The molecule has 0 radical (unpaired) electrons. The van der Waals surface area contributed by atoms with Crippen molar-refractivity contribution >= 4 is 5.97 Å². The number of ether oxygens (including phenoxy) is 1. The Labute approximate surface area is 108 Å². The molecular weight excluding hydrogens is 230 g/mol. The van der Waals surface area contributed by atoms with Crippen molar-refractivity contribution in [3.05, 3.63) is 18.2 Å². The summed E-state index contributed by atoms with van der Waals surface area (Å²) >= 11 is 0. The van der Waals surface area contributed by atoms with Crippen LogP contribution in [0.15, 0.2) is 12.4 Å². The third-order valence-corrected chi connectivity index (χ3v) is 3.61. The van der Waals surface area contributed by atoms with Gasteiger partial charge in [-0.2, -0.15) is 0 Å². The second kappa shape index (κ2) is 6.00. The smallest absolute Gasteiger partial charge is 0.309 e. The summed E-state index contributed by atoms with van der Waals surface area (Å²) in [6.45, 7) is 2.84. The minimum atomic E-state index is -0.0725. The molecule has 5 heteroatoms. The van der Waals surface area contributed by atoms with Crippen molar-refractivity contribution in [1.29, 1.82) is 0 Å². The zero-order valence-electron chi connectivity index (χ0n) is 11.1. The van der Waals surface area contributed by atoms with Crippen LogP contribution >= 0.6 is 0 Å². The van der Waals surface area contributed by atoms with Gasteiger partial charge in [0.15, 0.2) is 0 Å². The number of carbonyl (C=O) groups excluding carboxylic acids is 1. The fourth-order valence-electron chi connectivity index (χ4n) is 2.51. The maximum atomic E-state index is 11.5. The van der Waals surface area contributed by atoms with Crippen molar-refractivity contribution in [2.75, 3.05) is 26.7 Å². The molecule has 0 amide bonds. The third kappa shape index (κ3) is 3.10. The molecule has 1 aliphatic rings. The Hall–Kier alpha value is -1.36. The molecule has 1 unspecified atom stereocenters. The van der Waals surface area contributed by atoms with Gasteiger partial charge in [0.05, 0.1) is 13.0 Å². The Bertz CT molecular complexity index is 403. The number of imidazole rings is 1. The van der Waals surface area contributed by atoms with Crippen LogP contribution in [0.2, 0.25) is 0 Å². The number of hydrogen-bond donors (Lipinski definition) is 0. The van der Waals surface area contributed by atoms with E-state index in [4.69, 9.17) is 4.74 Å². The van der Waals surface area contributed by atoms with Crippen LogP contribution in [0.5, 0.6) is 0 Å². The van der Waals surface area contributed by atoms with Crippen LogP contribution in [-0.2, 0) is 23.0 Å². The van der Waals surface area contributed by atoms with Crippen molar-refractivity contribution in [2.45, 2.75) is 19.3 Å². The molecule has 2 rings (SSSR count). The predicted molar refractivity (Wildman–Crippen MR) is 68.1 cm³/mol. The molecule has 0 saturated carbocycles. The molecule has 0 bridgehead atoms. The van der Waals surface area contributed by atoms with Crippen molar-refractivity contribution in [1.82, 2.24) is 14.5 Å². The average molecular weight is 251 g/mol. The second-order valence-electron chi connectivity index (χ2n) is 4.87. The number of aromatic nitrogens is 2. The van der Waals surface area contributed by atoms with Gasteiger partial charge in [0.2, 0.25) is 0 Å². The SMILES string of the molecule is COC(=O)C1CCCN(CCc2nccn2C)C1. The molecule has 1 fully saturated rings. The molecule has 2 heterocycles. The van der Waals surface area contributed by atoms with E-state index >= 15 is 0 Å². The van der Waals surface area contributed by atoms with Gasteiger partial charge >= 0.3 is 5.97 Å². The molecule has 1 saturated heterocycles. The van der Waals surface area contributed by atoms with Gasteiger partial charge in [0.1, 0.15) is 5.82 Å². The summed E-state index contributed by atoms with van der Waals surface area (Å²) in [6, 6.07) is 0. The summed E-state index contributed by atoms with van der Waals surface area (Å²) in [6.07, 6.45) is 6.73. The van der Waals surface area contributed by atoms with Crippen molar-refractivity contribution in [3.63, 3.8) is 0 Å². The van der Waals surface area contributed by atoms with Crippen molar-refractivity contribution in [2.24, 2.45) is 13.0 Å². The minimum absolute atomic E-state index is 0.0464. The Kier molecular flexibility index (Phi) is 4.36. The van der Waals surface area contributed by atoms with Gasteiger partial charge in [-0.15, -0.1) is 0 Å².